The van der Waals surface area contributed by atoms with E-state index in [0.29, 0.717) is 0 Å². The van der Waals surface area contributed by atoms with E-state index in [9.17, 15) is 0 Å². The molecule has 1 aliphatic rings. The van der Waals surface area contributed by atoms with Gasteiger partial charge in [0.1, 0.15) is 0 Å². The molecule has 1 fully saturated rings. The fourth-order valence-electron chi connectivity index (χ4n) is 1.64. The molecule has 0 bridgehead atoms. The number of hydrogen-bond acceptors (Lipinski definition) is 2. The summed E-state index contributed by atoms with van der Waals surface area (Å²) in [4.78, 5) is 0. The van der Waals surface area contributed by atoms with Crippen molar-refractivity contribution in [3.63, 3.8) is 0 Å². The second-order valence-corrected chi connectivity index (χ2v) is 4.06. The zero-order valence-corrected chi connectivity index (χ0v) is 7.48. The van der Waals surface area contributed by atoms with Crippen molar-refractivity contribution >= 4 is 0 Å². The molecule has 0 N–H and O–H groups in total. The topological polar surface area (TPSA) is 33.0 Å². The van der Waals surface area contributed by atoms with Gasteiger partial charge in [-0.15, -0.1) is 0 Å². The summed E-state index contributed by atoms with van der Waals surface area (Å²) in [5.74, 6) is 0. The lowest BCUT2D eigenvalue weighted by Gasteiger charge is -2.39. The maximum absolute atomic E-state index is 8.81. The number of hydrogen-bond donors (Lipinski definition) is 0. The number of nitrogens with zero attached hydrogens (tertiary/aromatic N) is 1. The van der Waals surface area contributed by atoms with Gasteiger partial charge < -0.3 is 4.74 Å². The lowest BCUT2D eigenvalue weighted by atomic mass is 9.89. The van der Waals surface area contributed by atoms with E-state index in [1.54, 1.807) is 0 Å². The van der Waals surface area contributed by atoms with Crippen LogP contribution in [0.1, 0.15) is 40.0 Å². The Bertz CT molecular complexity index is 192. The number of ether oxygens (including phenoxy) is 1. The van der Waals surface area contributed by atoms with E-state index in [0.717, 1.165) is 19.3 Å². The van der Waals surface area contributed by atoms with E-state index >= 15 is 0 Å². The standard InChI is InChI=1S/C9H15NO/c1-8(2)5-4-6-9(3,7-10)11-8/h4-6H2,1-3H3/t9-/m1/s1. The van der Waals surface area contributed by atoms with Crippen LogP contribution in [0.5, 0.6) is 0 Å². The Labute approximate surface area is 68.2 Å². The van der Waals surface area contributed by atoms with Gasteiger partial charge >= 0.3 is 0 Å². The molecular weight excluding hydrogens is 138 g/mol. The monoisotopic (exact) mass is 153 g/mol. The van der Waals surface area contributed by atoms with Gasteiger partial charge in [-0.1, -0.05) is 0 Å². The number of nitriles is 1. The highest BCUT2D eigenvalue weighted by atomic mass is 16.5. The molecule has 62 valence electrons. The molecule has 0 spiro atoms. The van der Waals surface area contributed by atoms with Crippen LogP contribution in [-0.2, 0) is 4.74 Å². The molecule has 0 saturated carbocycles. The molecule has 2 heteroatoms. The summed E-state index contributed by atoms with van der Waals surface area (Å²) in [5, 5.41) is 8.81. The van der Waals surface area contributed by atoms with Crippen LogP contribution in [0.3, 0.4) is 0 Å². The van der Waals surface area contributed by atoms with Gasteiger partial charge in [0.25, 0.3) is 0 Å². The lowest BCUT2D eigenvalue weighted by Crippen LogP contribution is -2.42. The van der Waals surface area contributed by atoms with Crippen molar-refractivity contribution in [3.05, 3.63) is 0 Å². The summed E-state index contributed by atoms with van der Waals surface area (Å²) in [6.07, 6.45) is 3.02. The Morgan fingerprint density at radius 1 is 1.27 bits per heavy atom. The van der Waals surface area contributed by atoms with Crippen LogP contribution in [0, 0.1) is 11.3 Å². The first kappa shape index (κ1) is 8.55. The zero-order valence-electron chi connectivity index (χ0n) is 7.48. The van der Waals surface area contributed by atoms with Gasteiger partial charge in [-0.2, -0.15) is 5.26 Å². The third-order valence-corrected chi connectivity index (χ3v) is 2.17. The fraction of sp³-hybridized carbons (Fsp3) is 0.889. The third kappa shape index (κ3) is 1.94. The summed E-state index contributed by atoms with van der Waals surface area (Å²) in [6, 6.07) is 2.21. The average Bonchev–Trinajstić information content (AvgIpc) is 1.85. The van der Waals surface area contributed by atoms with Crippen molar-refractivity contribution < 1.29 is 4.74 Å². The molecule has 2 nitrogen and oxygen atoms in total. The highest BCUT2D eigenvalue weighted by molar-refractivity contribution is 5.02. The van der Waals surface area contributed by atoms with Crippen LogP contribution < -0.4 is 0 Å². The summed E-state index contributed by atoms with van der Waals surface area (Å²) in [5.41, 5.74) is -0.648. The largest absolute Gasteiger partial charge is 0.355 e. The molecule has 1 aliphatic heterocycles. The summed E-state index contributed by atoms with van der Waals surface area (Å²) < 4.78 is 5.65. The van der Waals surface area contributed by atoms with Gasteiger partial charge in [-0.3, -0.25) is 0 Å². The Kier molecular flexibility index (Phi) is 1.94. The van der Waals surface area contributed by atoms with Crippen LogP contribution in [0.25, 0.3) is 0 Å². The minimum atomic E-state index is -0.540. The smallest absolute Gasteiger partial charge is 0.152 e. The van der Waals surface area contributed by atoms with Gasteiger partial charge in [-0.25, -0.2) is 0 Å². The molecule has 0 radical (unpaired) electrons. The maximum atomic E-state index is 8.81. The lowest BCUT2D eigenvalue weighted by molar-refractivity contribution is -0.135. The molecule has 0 aromatic rings. The molecular formula is C9H15NO. The van der Waals surface area contributed by atoms with Crippen molar-refractivity contribution in [2.45, 2.75) is 51.2 Å². The Balaban J connectivity index is 2.69. The van der Waals surface area contributed by atoms with Gasteiger partial charge in [0, 0.05) is 0 Å². The first-order valence-corrected chi connectivity index (χ1v) is 4.09. The molecule has 1 saturated heterocycles. The van der Waals surface area contributed by atoms with Crippen LogP contribution in [-0.4, -0.2) is 11.2 Å². The highest BCUT2D eigenvalue weighted by Crippen LogP contribution is 2.34. The number of rotatable bonds is 0. The molecule has 0 unspecified atom stereocenters. The van der Waals surface area contributed by atoms with Gasteiger partial charge in [0.05, 0.1) is 11.7 Å². The molecule has 11 heavy (non-hydrogen) atoms. The second-order valence-electron chi connectivity index (χ2n) is 4.06. The predicted molar refractivity (Wildman–Crippen MR) is 43.0 cm³/mol. The first-order chi connectivity index (χ1) is 4.97. The van der Waals surface area contributed by atoms with Gasteiger partial charge in [0.15, 0.2) is 5.60 Å². The molecule has 1 heterocycles. The minimum Gasteiger partial charge on any atom is -0.355 e. The summed E-state index contributed by atoms with van der Waals surface area (Å²) in [7, 11) is 0. The van der Waals surface area contributed by atoms with Crippen LogP contribution in [0.2, 0.25) is 0 Å². The molecule has 0 amide bonds. The molecule has 0 aromatic heterocycles. The van der Waals surface area contributed by atoms with Crippen LogP contribution >= 0.6 is 0 Å². The van der Waals surface area contributed by atoms with E-state index in [2.05, 4.69) is 6.07 Å². The molecule has 1 rings (SSSR count). The highest BCUT2D eigenvalue weighted by Gasteiger charge is 2.37. The fourth-order valence-corrected chi connectivity index (χ4v) is 1.64. The van der Waals surface area contributed by atoms with Crippen molar-refractivity contribution in [1.82, 2.24) is 0 Å². The first-order valence-electron chi connectivity index (χ1n) is 4.09. The van der Waals surface area contributed by atoms with E-state index in [1.165, 1.54) is 0 Å². The predicted octanol–water partition coefficient (Wildman–Crippen LogP) is 2.25. The van der Waals surface area contributed by atoms with Crippen molar-refractivity contribution in [2.75, 3.05) is 0 Å². The normalized spacial score (nSPS) is 36.2. The zero-order chi connectivity index (χ0) is 8.54. The maximum Gasteiger partial charge on any atom is 0.152 e. The van der Waals surface area contributed by atoms with E-state index < -0.39 is 5.60 Å². The van der Waals surface area contributed by atoms with Crippen LogP contribution in [0.15, 0.2) is 0 Å². The van der Waals surface area contributed by atoms with E-state index in [4.69, 9.17) is 10.00 Å². The Morgan fingerprint density at radius 3 is 2.27 bits per heavy atom. The van der Waals surface area contributed by atoms with Crippen molar-refractivity contribution in [3.8, 4) is 6.07 Å². The molecule has 0 aromatic carbocycles. The van der Waals surface area contributed by atoms with Crippen molar-refractivity contribution in [2.24, 2.45) is 0 Å². The SMILES string of the molecule is CC1(C)CCC[C@](C)(C#N)O1. The van der Waals surface area contributed by atoms with Crippen molar-refractivity contribution in [1.29, 1.82) is 5.26 Å². The van der Waals surface area contributed by atoms with Gasteiger partial charge in [-0.05, 0) is 40.0 Å². The Hall–Kier alpha value is -0.550. The summed E-state index contributed by atoms with van der Waals surface area (Å²) in [6.45, 7) is 5.96. The average molecular weight is 153 g/mol. The molecule has 0 aliphatic carbocycles. The minimum absolute atomic E-state index is 0.108. The Morgan fingerprint density at radius 2 is 1.91 bits per heavy atom. The van der Waals surface area contributed by atoms with E-state index in [1.807, 2.05) is 20.8 Å². The summed E-state index contributed by atoms with van der Waals surface area (Å²) >= 11 is 0. The van der Waals surface area contributed by atoms with Gasteiger partial charge in [0.2, 0.25) is 0 Å². The second kappa shape index (κ2) is 2.49. The third-order valence-electron chi connectivity index (χ3n) is 2.17. The molecule has 1 atom stereocenters. The van der Waals surface area contributed by atoms with E-state index in [-0.39, 0.29) is 5.60 Å². The van der Waals surface area contributed by atoms with Crippen LogP contribution in [0.4, 0.5) is 0 Å². The quantitative estimate of drug-likeness (QED) is 0.534.